The lowest BCUT2D eigenvalue weighted by Crippen LogP contribution is -2.49. The normalized spacial score (nSPS) is 15.4. The van der Waals surface area contributed by atoms with Crippen LogP contribution in [0.1, 0.15) is 16.7 Å². The van der Waals surface area contributed by atoms with Gasteiger partial charge in [-0.05, 0) is 49.2 Å². The first-order valence-corrected chi connectivity index (χ1v) is 10.1. The second kappa shape index (κ2) is 7.55. The van der Waals surface area contributed by atoms with E-state index in [4.69, 9.17) is 4.74 Å². The van der Waals surface area contributed by atoms with Crippen molar-refractivity contribution in [2.45, 2.75) is 18.7 Å². The summed E-state index contributed by atoms with van der Waals surface area (Å²) in [6, 6.07) is 8.99. The Morgan fingerprint density at radius 2 is 1.81 bits per heavy atom. The third-order valence-electron chi connectivity index (χ3n) is 4.84. The van der Waals surface area contributed by atoms with Crippen LogP contribution in [0.2, 0.25) is 0 Å². The highest BCUT2D eigenvalue weighted by atomic mass is 32.2. The van der Waals surface area contributed by atoms with Crippen LogP contribution in [0.5, 0.6) is 5.75 Å². The topological polar surface area (TPSA) is 86.5 Å². The predicted molar refractivity (Wildman–Crippen MR) is 102 cm³/mol. The van der Waals surface area contributed by atoms with Crippen LogP contribution in [0.25, 0.3) is 0 Å². The molecule has 1 aromatic heterocycles. The van der Waals surface area contributed by atoms with Crippen LogP contribution in [0, 0.1) is 25.2 Å². The fourth-order valence-corrected chi connectivity index (χ4v) is 4.78. The van der Waals surface area contributed by atoms with Crippen molar-refractivity contribution in [3.05, 3.63) is 47.2 Å². The first-order valence-electron chi connectivity index (χ1n) is 8.64. The number of piperazine rings is 1. The van der Waals surface area contributed by atoms with Crippen molar-refractivity contribution in [1.29, 1.82) is 5.26 Å². The van der Waals surface area contributed by atoms with Crippen molar-refractivity contribution in [3.63, 3.8) is 0 Å². The molecular formula is C19H22N4O3S. The third kappa shape index (κ3) is 3.61. The molecule has 2 heterocycles. The van der Waals surface area contributed by atoms with Gasteiger partial charge in [0.25, 0.3) is 0 Å². The maximum absolute atomic E-state index is 13.2. The lowest BCUT2D eigenvalue weighted by atomic mass is 10.1. The zero-order valence-electron chi connectivity index (χ0n) is 15.6. The summed E-state index contributed by atoms with van der Waals surface area (Å²) in [5.41, 5.74) is 2.37. The van der Waals surface area contributed by atoms with Crippen LogP contribution < -0.4 is 9.64 Å². The Hall–Kier alpha value is -2.63. The molecule has 0 N–H and O–H groups in total. The van der Waals surface area contributed by atoms with Gasteiger partial charge in [-0.15, -0.1) is 0 Å². The molecule has 0 amide bonds. The maximum Gasteiger partial charge on any atom is 0.246 e. The van der Waals surface area contributed by atoms with Gasteiger partial charge >= 0.3 is 0 Å². The van der Waals surface area contributed by atoms with Crippen LogP contribution >= 0.6 is 0 Å². The van der Waals surface area contributed by atoms with Crippen molar-refractivity contribution in [2.24, 2.45) is 0 Å². The van der Waals surface area contributed by atoms with E-state index < -0.39 is 10.0 Å². The number of benzene rings is 1. The van der Waals surface area contributed by atoms with Gasteiger partial charge in [-0.25, -0.2) is 13.4 Å². The average molecular weight is 386 g/mol. The smallest absolute Gasteiger partial charge is 0.246 e. The van der Waals surface area contributed by atoms with Gasteiger partial charge in [0.1, 0.15) is 22.5 Å². The van der Waals surface area contributed by atoms with E-state index in [0.29, 0.717) is 43.3 Å². The Morgan fingerprint density at radius 3 is 2.44 bits per heavy atom. The minimum atomic E-state index is -3.67. The molecule has 0 aliphatic carbocycles. The molecule has 1 saturated heterocycles. The van der Waals surface area contributed by atoms with E-state index in [1.165, 1.54) is 11.4 Å². The minimum Gasteiger partial charge on any atom is -0.495 e. The third-order valence-corrected chi connectivity index (χ3v) is 6.76. The number of aryl methyl sites for hydroxylation is 2. The van der Waals surface area contributed by atoms with E-state index in [9.17, 15) is 13.7 Å². The van der Waals surface area contributed by atoms with Crippen molar-refractivity contribution < 1.29 is 13.2 Å². The number of methoxy groups -OCH3 is 1. The Labute approximate surface area is 159 Å². The molecule has 1 fully saturated rings. The number of aromatic nitrogens is 1. The van der Waals surface area contributed by atoms with Crippen molar-refractivity contribution in [1.82, 2.24) is 9.29 Å². The van der Waals surface area contributed by atoms with Crippen LogP contribution in [-0.4, -0.2) is 51.0 Å². The highest BCUT2D eigenvalue weighted by molar-refractivity contribution is 7.89. The molecule has 8 heteroatoms. The van der Waals surface area contributed by atoms with Crippen molar-refractivity contribution >= 4 is 15.8 Å². The van der Waals surface area contributed by atoms with E-state index in [2.05, 4.69) is 11.1 Å². The van der Waals surface area contributed by atoms with Gasteiger partial charge in [0, 0.05) is 32.4 Å². The number of ether oxygens (including phenoxy) is 1. The molecular weight excluding hydrogens is 364 g/mol. The monoisotopic (exact) mass is 386 g/mol. The summed E-state index contributed by atoms with van der Waals surface area (Å²) in [6.45, 7) is 5.39. The van der Waals surface area contributed by atoms with Crippen LogP contribution in [0.3, 0.4) is 0 Å². The second-order valence-corrected chi connectivity index (χ2v) is 8.37. The van der Waals surface area contributed by atoms with E-state index >= 15 is 0 Å². The fourth-order valence-electron chi connectivity index (χ4n) is 3.14. The number of anilines is 1. The molecule has 0 spiro atoms. The van der Waals surface area contributed by atoms with Gasteiger partial charge in [-0.1, -0.05) is 0 Å². The van der Waals surface area contributed by atoms with Gasteiger partial charge in [0.15, 0.2) is 0 Å². The first kappa shape index (κ1) is 19.1. The standard InChI is InChI=1S/C19H22N4O3S/c1-14-11-17(26-3)18(12-15(14)2)27(24,25)23-9-7-22(8-10-23)19-16(13-20)5-4-6-21-19/h4-6,11-12H,7-10H2,1-3H3. The number of pyridine rings is 1. The van der Waals surface area contributed by atoms with E-state index in [1.54, 1.807) is 30.5 Å². The molecule has 0 unspecified atom stereocenters. The van der Waals surface area contributed by atoms with Gasteiger partial charge in [0.2, 0.25) is 10.0 Å². The quantitative estimate of drug-likeness (QED) is 0.800. The van der Waals surface area contributed by atoms with Crippen LogP contribution in [-0.2, 0) is 10.0 Å². The molecule has 0 radical (unpaired) electrons. The predicted octanol–water partition coefficient (Wildman–Crippen LogP) is 2.09. The Kier molecular flexibility index (Phi) is 5.35. The van der Waals surface area contributed by atoms with Crippen LogP contribution in [0.15, 0.2) is 35.4 Å². The number of hydrogen-bond acceptors (Lipinski definition) is 6. The number of sulfonamides is 1. The Morgan fingerprint density at radius 1 is 1.15 bits per heavy atom. The first-order chi connectivity index (χ1) is 12.9. The highest BCUT2D eigenvalue weighted by Gasteiger charge is 2.32. The zero-order valence-corrected chi connectivity index (χ0v) is 16.5. The average Bonchev–Trinajstić information content (AvgIpc) is 2.69. The summed E-state index contributed by atoms with van der Waals surface area (Å²) < 4.78 is 33.1. The molecule has 142 valence electrons. The van der Waals surface area contributed by atoms with Gasteiger partial charge in [0.05, 0.1) is 12.7 Å². The SMILES string of the molecule is COc1cc(C)c(C)cc1S(=O)(=O)N1CCN(c2ncccc2C#N)CC1. The largest absolute Gasteiger partial charge is 0.495 e. The van der Waals surface area contributed by atoms with Crippen molar-refractivity contribution in [2.75, 3.05) is 38.2 Å². The van der Waals surface area contributed by atoms with E-state index in [0.717, 1.165) is 11.1 Å². The lowest BCUT2D eigenvalue weighted by Gasteiger charge is -2.35. The Bertz CT molecular complexity index is 990. The summed E-state index contributed by atoms with van der Waals surface area (Å²) in [6.07, 6.45) is 1.64. The minimum absolute atomic E-state index is 0.192. The number of nitrogens with zero attached hydrogens (tertiary/aromatic N) is 4. The summed E-state index contributed by atoms with van der Waals surface area (Å²) >= 11 is 0. The number of hydrogen-bond donors (Lipinski definition) is 0. The molecule has 7 nitrogen and oxygen atoms in total. The van der Waals surface area contributed by atoms with Gasteiger partial charge < -0.3 is 9.64 Å². The van der Waals surface area contributed by atoms with Gasteiger partial charge in [-0.2, -0.15) is 9.57 Å². The van der Waals surface area contributed by atoms with Crippen LogP contribution in [0.4, 0.5) is 5.82 Å². The molecule has 2 aromatic rings. The van der Waals surface area contributed by atoms with E-state index in [-0.39, 0.29) is 4.90 Å². The number of nitriles is 1. The van der Waals surface area contributed by atoms with E-state index in [1.807, 2.05) is 18.7 Å². The molecule has 1 aromatic carbocycles. The highest BCUT2D eigenvalue weighted by Crippen LogP contribution is 2.30. The second-order valence-electron chi connectivity index (χ2n) is 6.46. The van der Waals surface area contributed by atoms with Gasteiger partial charge in [-0.3, -0.25) is 0 Å². The molecule has 3 rings (SSSR count). The Balaban J connectivity index is 1.84. The summed E-state index contributed by atoms with van der Waals surface area (Å²) in [4.78, 5) is 6.42. The molecule has 0 saturated carbocycles. The van der Waals surface area contributed by atoms with Crippen molar-refractivity contribution in [3.8, 4) is 11.8 Å². The molecule has 0 bridgehead atoms. The summed E-state index contributed by atoms with van der Waals surface area (Å²) in [7, 11) is -2.19. The zero-order chi connectivity index (χ0) is 19.6. The molecule has 1 aliphatic heterocycles. The molecule has 27 heavy (non-hydrogen) atoms. The molecule has 1 aliphatic rings. The summed E-state index contributed by atoms with van der Waals surface area (Å²) in [5, 5.41) is 9.25. The lowest BCUT2D eigenvalue weighted by molar-refractivity contribution is 0.373. The maximum atomic E-state index is 13.2. The molecule has 0 atom stereocenters. The fraction of sp³-hybridized carbons (Fsp3) is 0.368. The number of rotatable bonds is 4. The summed E-state index contributed by atoms with van der Waals surface area (Å²) in [5.74, 6) is 0.956.